The number of anilines is 2. The van der Waals surface area contributed by atoms with Gasteiger partial charge in [-0.15, -0.1) is 0 Å². The molecule has 0 aliphatic carbocycles. The maximum absolute atomic E-state index is 12.7. The summed E-state index contributed by atoms with van der Waals surface area (Å²) in [7, 11) is -1.83. The molecule has 140 valence electrons. The number of hydrogen-bond donors (Lipinski definition) is 3. The van der Waals surface area contributed by atoms with Crippen molar-refractivity contribution in [1.82, 2.24) is 9.62 Å². The van der Waals surface area contributed by atoms with Crippen molar-refractivity contribution >= 4 is 27.3 Å². The van der Waals surface area contributed by atoms with Gasteiger partial charge in [0, 0.05) is 26.7 Å². The van der Waals surface area contributed by atoms with Gasteiger partial charge in [0.2, 0.25) is 15.9 Å². The van der Waals surface area contributed by atoms with Crippen LogP contribution in [0.25, 0.3) is 0 Å². The van der Waals surface area contributed by atoms with Crippen LogP contribution in [0.5, 0.6) is 0 Å². The zero-order chi connectivity index (χ0) is 18.4. The summed E-state index contributed by atoms with van der Waals surface area (Å²) >= 11 is 0. The smallest absolute Gasteiger partial charge is 0.243 e. The van der Waals surface area contributed by atoms with Gasteiger partial charge in [0.15, 0.2) is 0 Å². The van der Waals surface area contributed by atoms with E-state index in [0.717, 1.165) is 19.4 Å². The minimum Gasteiger partial charge on any atom is -0.386 e. The van der Waals surface area contributed by atoms with E-state index in [1.54, 1.807) is 19.2 Å². The van der Waals surface area contributed by atoms with Gasteiger partial charge in [0.1, 0.15) is 0 Å². The zero-order valence-electron chi connectivity index (χ0n) is 15.1. The number of nitrogens with zero attached hydrogens (tertiary/aromatic N) is 1. The summed E-state index contributed by atoms with van der Waals surface area (Å²) in [6.07, 6.45) is 1.80. The van der Waals surface area contributed by atoms with Gasteiger partial charge in [-0.2, -0.15) is 4.31 Å². The predicted octanol–water partition coefficient (Wildman–Crippen LogP) is 1.70. The molecule has 0 radical (unpaired) electrons. The Morgan fingerprint density at radius 1 is 1.28 bits per heavy atom. The number of carbonyl (C=O) groups is 1. The molecule has 1 saturated heterocycles. The van der Waals surface area contributed by atoms with E-state index < -0.39 is 10.0 Å². The third-order valence-electron chi connectivity index (χ3n) is 4.53. The summed E-state index contributed by atoms with van der Waals surface area (Å²) in [6.45, 7) is 6.01. The number of piperidine rings is 1. The monoisotopic (exact) mass is 368 g/mol. The minimum absolute atomic E-state index is 0.0823. The highest BCUT2D eigenvalue weighted by atomic mass is 32.2. The molecule has 8 heteroatoms. The lowest BCUT2D eigenvalue weighted by Crippen LogP contribution is -2.37. The lowest BCUT2D eigenvalue weighted by atomic mass is 9.99. The van der Waals surface area contributed by atoms with Gasteiger partial charge in [-0.05, 0) is 37.6 Å². The summed E-state index contributed by atoms with van der Waals surface area (Å²) in [4.78, 5) is 12.7. The highest BCUT2D eigenvalue weighted by molar-refractivity contribution is 7.89. The fourth-order valence-corrected chi connectivity index (χ4v) is 4.51. The molecular formula is C17H28N4O3S. The van der Waals surface area contributed by atoms with Crippen molar-refractivity contribution < 1.29 is 13.2 Å². The van der Waals surface area contributed by atoms with Crippen LogP contribution in [-0.4, -0.2) is 51.9 Å². The van der Waals surface area contributed by atoms with Gasteiger partial charge in [0.05, 0.1) is 22.2 Å². The molecule has 1 atom stereocenters. The first-order chi connectivity index (χ1) is 11.9. The number of benzene rings is 1. The molecule has 0 aromatic heterocycles. The Bertz CT molecular complexity index is 696. The molecular weight excluding hydrogens is 340 g/mol. The second-order valence-corrected chi connectivity index (χ2v) is 8.02. The molecule has 0 spiro atoms. The Morgan fingerprint density at radius 2 is 2.00 bits per heavy atom. The summed E-state index contributed by atoms with van der Waals surface area (Å²) in [5, 5.41) is 9.11. The first-order valence-corrected chi connectivity index (χ1v) is 10.2. The number of nitrogens with one attached hydrogen (secondary N) is 3. The van der Waals surface area contributed by atoms with Gasteiger partial charge in [-0.1, -0.05) is 13.8 Å². The van der Waals surface area contributed by atoms with Crippen molar-refractivity contribution in [2.45, 2.75) is 31.6 Å². The average molecular weight is 369 g/mol. The van der Waals surface area contributed by atoms with E-state index in [1.165, 1.54) is 10.4 Å². The molecule has 0 saturated carbocycles. The number of rotatable bonds is 7. The summed E-state index contributed by atoms with van der Waals surface area (Å²) in [5.41, 5.74) is 1.18. The molecule has 0 bridgehead atoms. The van der Waals surface area contributed by atoms with Crippen molar-refractivity contribution in [1.29, 1.82) is 0 Å². The Balaban J connectivity index is 2.29. The molecule has 25 heavy (non-hydrogen) atoms. The van der Waals surface area contributed by atoms with E-state index in [2.05, 4.69) is 16.0 Å². The fourth-order valence-electron chi connectivity index (χ4n) is 3.03. The van der Waals surface area contributed by atoms with Gasteiger partial charge >= 0.3 is 0 Å². The number of carbonyl (C=O) groups excluding carboxylic acids is 1. The molecule has 1 aliphatic rings. The van der Waals surface area contributed by atoms with Crippen molar-refractivity contribution in [2.75, 3.05) is 43.9 Å². The first kappa shape index (κ1) is 19.7. The Kier molecular flexibility index (Phi) is 6.80. The van der Waals surface area contributed by atoms with E-state index in [1.807, 2.05) is 13.8 Å². The van der Waals surface area contributed by atoms with Gasteiger partial charge < -0.3 is 16.0 Å². The molecule has 3 N–H and O–H groups in total. The quantitative estimate of drug-likeness (QED) is 0.681. The highest BCUT2D eigenvalue weighted by Crippen LogP contribution is 2.28. The third kappa shape index (κ3) is 4.50. The summed E-state index contributed by atoms with van der Waals surface area (Å²) in [5.74, 6) is -0.178. The van der Waals surface area contributed by atoms with Gasteiger partial charge in [-0.25, -0.2) is 8.42 Å². The normalized spacial score (nSPS) is 18.2. The maximum atomic E-state index is 12.7. The van der Waals surface area contributed by atoms with Crippen LogP contribution in [0.3, 0.4) is 0 Å². The molecule has 1 aromatic carbocycles. The van der Waals surface area contributed by atoms with Crippen molar-refractivity contribution in [3.8, 4) is 0 Å². The van der Waals surface area contributed by atoms with E-state index in [0.29, 0.717) is 31.0 Å². The topological polar surface area (TPSA) is 90.5 Å². The fraction of sp³-hybridized carbons (Fsp3) is 0.588. The first-order valence-electron chi connectivity index (χ1n) is 8.77. The van der Waals surface area contributed by atoms with Crippen molar-refractivity contribution in [2.24, 2.45) is 5.92 Å². The molecule has 1 heterocycles. The van der Waals surface area contributed by atoms with Gasteiger partial charge in [0.25, 0.3) is 0 Å². The molecule has 1 unspecified atom stereocenters. The lowest BCUT2D eigenvalue weighted by molar-refractivity contribution is -0.120. The molecule has 1 aliphatic heterocycles. The van der Waals surface area contributed by atoms with Crippen LogP contribution in [-0.2, 0) is 14.8 Å². The van der Waals surface area contributed by atoms with Crippen LogP contribution < -0.4 is 16.0 Å². The lowest BCUT2D eigenvalue weighted by Gasteiger charge is -2.23. The minimum atomic E-state index is -3.57. The molecule has 1 amide bonds. The Labute approximate surface area is 150 Å². The standard InChI is InChI=1S/C17H28N4O3S/c1-4-21(5-2)25(23,24)14-8-9-15(18-3)16(11-14)20-17(22)13-7-6-10-19-12-13/h8-9,11,13,18-19H,4-7,10,12H2,1-3H3,(H,20,22). The SMILES string of the molecule is CCN(CC)S(=O)(=O)c1ccc(NC)c(NC(=O)C2CCCNC2)c1. The van der Waals surface area contributed by atoms with E-state index in [-0.39, 0.29) is 16.7 Å². The average Bonchev–Trinajstić information content (AvgIpc) is 2.63. The zero-order valence-corrected chi connectivity index (χ0v) is 15.9. The number of amides is 1. The Hall–Kier alpha value is -1.64. The van der Waals surface area contributed by atoms with Crippen LogP contribution >= 0.6 is 0 Å². The highest BCUT2D eigenvalue weighted by Gasteiger charge is 2.25. The maximum Gasteiger partial charge on any atom is 0.243 e. The van der Waals surface area contributed by atoms with Crippen LogP contribution in [0.15, 0.2) is 23.1 Å². The number of sulfonamides is 1. The largest absolute Gasteiger partial charge is 0.386 e. The molecule has 1 aromatic rings. The predicted molar refractivity (Wildman–Crippen MR) is 100 cm³/mol. The molecule has 2 rings (SSSR count). The second-order valence-electron chi connectivity index (χ2n) is 6.08. The molecule has 1 fully saturated rings. The van der Waals surface area contributed by atoms with Crippen molar-refractivity contribution in [3.05, 3.63) is 18.2 Å². The second kappa shape index (κ2) is 8.64. The van der Waals surface area contributed by atoms with Gasteiger partial charge in [-0.3, -0.25) is 4.79 Å². The third-order valence-corrected chi connectivity index (χ3v) is 6.57. The van der Waals surface area contributed by atoms with Crippen molar-refractivity contribution in [3.63, 3.8) is 0 Å². The van der Waals surface area contributed by atoms with Crippen LogP contribution in [0.2, 0.25) is 0 Å². The van der Waals surface area contributed by atoms with Crippen LogP contribution in [0, 0.1) is 5.92 Å². The molecule has 7 nitrogen and oxygen atoms in total. The van der Waals surface area contributed by atoms with E-state index >= 15 is 0 Å². The summed E-state index contributed by atoms with van der Waals surface area (Å²) < 4.78 is 26.8. The summed E-state index contributed by atoms with van der Waals surface area (Å²) in [6, 6.07) is 4.79. The van der Waals surface area contributed by atoms with E-state index in [9.17, 15) is 13.2 Å². The van der Waals surface area contributed by atoms with E-state index in [4.69, 9.17) is 0 Å². The number of hydrogen-bond acceptors (Lipinski definition) is 5. The van der Waals surface area contributed by atoms with Crippen LogP contribution in [0.4, 0.5) is 11.4 Å². The Morgan fingerprint density at radius 3 is 2.56 bits per heavy atom. The van der Waals surface area contributed by atoms with Crippen LogP contribution in [0.1, 0.15) is 26.7 Å².